The summed E-state index contributed by atoms with van der Waals surface area (Å²) >= 11 is 2.04. The van der Waals surface area contributed by atoms with E-state index in [1.54, 1.807) is 0 Å². The van der Waals surface area contributed by atoms with Crippen LogP contribution in [0.2, 0.25) is 0 Å². The molecule has 126 valence electrons. The second-order valence-electron chi connectivity index (χ2n) is 5.33. The van der Waals surface area contributed by atoms with Gasteiger partial charge >= 0.3 is 0 Å². The van der Waals surface area contributed by atoms with Gasteiger partial charge < -0.3 is 15.2 Å². The number of thioether (sulfide) groups is 1. The van der Waals surface area contributed by atoms with Gasteiger partial charge in [-0.1, -0.05) is 5.16 Å². The molecule has 7 heteroatoms. The van der Waals surface area contributed by atoms with Crippen molar-refractivity contribution in [1.82, 2.24) is 15.8 Å². The van der Waals surface area contributed by atoms with E-state index in [4.69, 9.17) is 9.52 Å². The second-order valence-corrected chi connectivity index (χ2v) is 6.74. The van der Waals surface area contributed by atoms with Crippen LogP contribution < -0.4 is 10.6 Å². The molecule has 1 fully saturated rings. The number of nitrogens with zero attached hydrogens (tertiary/aromatic N) is 2. The molecule has 1 aromatic rings. The Balaban J connectivity index is 0.00000242. The number of aryl methyl sites for hydroxylation is 2. The molecule has 2 heterocycles. The normalized spacial score (nSPS) is 18.1. The Kier molecular flexibility index (Phi) is 9.23. The maximum atomic E-state index is 5.19. The van der Waals surface area contributed by atoms with Crippen molar-refractivity contribution in [3.8, 4) is 0 Å². The smallest absolute Gasteiger partial charge is 0.191 e. The molecule has 0 bridgehead atoms. The lowest BCUT2D eigenvalue weighted by Crippen LogP contribution is -2.38. The van der Waals surface area contributed by atoms with Crippen molar-refractivity contribution < 1.29 is 4.52 Å². The monoisotopic (exact) mass is 438 g/mol. The number of halogens is 1. The Morgan fingerprint density at radius 1 is 1.41 bits per heavy atom. The Bertz CT molecular complexity index is 453. The van der Waals surface area contributed by atoms with Gasteiger partial charge in [-0.25, -0.2) is 0 Å². The lowest BCUT2D eigenvalue weighted by Gasteiger charge is -2.12. The maximum absolute atomic E-state index is 5.19. The third-order valence-electron chi connectivity index (χ3n) is 3.67. The van der Waals surface area contributed by atoms with Crippen molar-refractivity contribution in [3.05, 3.63) is 17.0 Å². The highest BCUT2D eigenvalue weighted by molar-refractivity contribution is 14.0. The molecule has 0 amide bonds. The fourth-order valence-corrected chi connectivity index (χ4v) is 3.67. The first-order valence-corrected chi connectivity index (χ1v) is 8.81. The zero-order valence-corrected chi connectivity index (χ0v) is 16.8. The van der Waals surface area contributed by atoms with Gasteiger partial charge in [-0.05, 0) is 45.8 Å². The van der Waals surface area contributed by atoms with E-state index in [0.29, 0.717) is 5.25 Å². The van der Waals surface area contributed by atoms with Gasteiger partial charge in [-0.15, -0.1) is 24.0 Å². The summed E-state index contributed by atoms with van der Waals surface area (Å²) in [5.74, 6) is 3.12. The zero-order chi connectivity index (χ0) is 15.1. The van der Waals surface area contributed by atoms with Gasteiger partial charge in [0, 0.05) is 23.9 Å². The van der Waals surface area contributed by atoms with Crippen LogP contribution >= 0.6 is 35.7 Å². The lowest BCUT2D eigenvalue weighted by molar-refractivity contribution is 0.392. The van der Waals surface area contributed by atoms with Crippen molar-refractivity contribution in [2.75, 3.05) is 25.4 Å². The van der Waals surface area contributed by atoms with Crippen molar-refractivity contribution in [1.29, 1.82) is 0 Å². The second kappa shape index (κ2) is 10.4. The molecule has 1 saturated heterocycles. The number of guanidine groups is 1. The fourth-order valence-electron chi connectivity index (χ4n) is 2.49. The zero-order valence-electron chi connectivity index (χ0n) is 13.6. The number of aromatic nitrogens is 1. The maximum Gasteiger partial charge on any atom is 0.191 e. The van der Waals surface area contributed by atoms with Crippen molar-refractivity contribution >= 4 is 41.7 Å². The van der Waals surface area contributed by atoms with E-state index < -0.39 is 0 Å². The van der Waals surface area contributed by atoms with Gasteiger partial charge in [-0.3, -0.25) is 4.99 Å². The standard InChI is InChI=1S/C15H26N4OS.HI/c1-4-16-15(18-10-13-6-5-9-21-13)17-8-7-14-11(2)19-20-12(14)3;/h13H,4-10H2,1-3H3,(H2,16,17,18);1H. The van der Waals surface area contributed by atoms with E-state index in [-0.39, 0.29) is 24.0 Å². The highest BCUT2D eigenvalue weighted by Crippen LogP contribution is 2.25. The summed E-state index contributed by atoms with van der Waals surface area (Å²) in [5, 5.41) is 11.4. The van der Waals surface area contributed by atoms with Crippen LogP contribution in [0.4, 0.5) is 0 Å². The number of nitrogens with one attached hydrogen (secondary N) is 2. The summed E-state index contributed by atoms with van der Waals surface area (Å²) in [6.07, 6.45) is 3.54. The summed E-state index contributed by atoms with van der Waals surface area (Å²) < 4.78 is 5.19. The minimum Gasteiger partial charge on any atom is -0.361 e. The molecule has 22 heavy (non-hydrogen) atoms. The molecule has 1 unspecified atom stereocenters. The number of hydrogen-bond donors (Lipinski definition) is 2. The van der Waals surface area contributed by atoms with Gasteiger partial charge in [0.25, 0.3) is 0 Å². The molecule has 1 aliphatic rings. The Morgan fingerprint density at radius 3 is 2.82 bits per heavy atom. The van der Waals surface area contributed by atoms with Crippen LogP contribution in [0, 0.1) is 13.8 Å². The van der Waals surface area contributed by atoms with Crippen LogP contribution in [0.25, 0.3) is 0 Å². The first-order chi connectivity index (χ1) is 10.2. The molecule has 0 spiro atoms. The first kappa shape index (κ1) is 19.6. The van der Waals surface area contributed by atoms with Crippen molar-refractivity contribution in [3.63, 3.8) is 0 Å². The van der Waals surface area contributed by atoms with Gasteiger partial charge in [0.1, 0.15) is 5.76 Å². The van der Waals surface area contributed by atoms with Gasteiger partial charge in [0.2, 0.25) is 0 Å². The molecule has 5 nitrogen and oxygen atoms in total. The average molecular weight is 438 g/mol. The summed E-state index contributed by atoms with van der Waals surface area (Å²) in [5.41, 5.74) is 2.18. The summed E-state index contributed by atoms with van der Waals surface area (Å²) in [4.78, 5) is 4.69. The van der Waals surface area contributed by atoms with E-state index in [0.717, 1.165) is 43.5 Å². The molecule has 0 aromatic carbocycles. The van der Waals surface area contributed by atoms with E-state index in [1.807, 2.05) is 25.6 Å². The largest absolute Gasteiger partial charge is 0.361 e. The van der Waals surface area contributed by atoms with Crippen molar-refractivity contribution in [2.45, 2.75) is 45.3 Å². The van der Waals surface area contributed by atoms with E-state index in [1.165, 1.54) is 24.2 Å². The molecular weight excluding hydrogens is 411 g/mol. The van der Waals surface area contributed by atoms with Crippen LogP contribution in [-0.4, -0.2) is 41.8 Å². The van der Waals surface area contributed by atoms with Crippen LogP contribution in [0.15, 0.2) is 9.52 Å². The summed E-state index contributed by atoms with van der Waals surface area (Å²) in [6, 6.07) is 0. The minimum atomic E-state index is 0. The highest BCUT2D eigenvalue weighted by atomic mass is 127. The fraction of sp³-hybridized carbons (Fsp3) is 0.733. The van der Waals surface area contributed by atoms with Gasteiger partial charge in [0.05, 0.1) is 12.2 Å². The topological polar surface area (TPSA) is 62.5 Å². The molecule has 0 aliphatic carbocycles. The molecule has 0 saturated carbocycles. The predicted octanol–water partition coefficient (Wildman–Crippen LogP) is 2.90. The van der Waals surface area contributed by atoms with E-state index in [9.17, 15) is 0 Å². The SMILES string of the molecule is CCNC(=NCC1CCCS1)NCCc1c(C)noc1C.I. The van der Waals surface area contributed by atoms with Crippen LogP contribution in [0.5, 0.6) is 0 Å². The van der Waals surface area contributed by atoms with Crippen LogP contribution in [0.1, 0.15) is 36.8 Å². The third kappa shape index (κ3) is 5.98. The number of aliphatic imine (C=N–C) groups is 1. The molecule has 1 aliphatic heterocycles. The number of hydrogen-bond acceptors (Lipinski definition) is 4. The lowest BCUT2D eigenvalue weighted by atomic mass is 10.1. The molecule has 2 rings (SSSR count). The molecule has 0 radical (unpaired) electrons. The third-order valence-corrected chi connectivity index (χ3v) is 5.05. The van der Waals surface area contributed by atoms with Gasteiger partial charge in [0.15, 0.2) is 5.96 Å². The van der Waals surface area contributed by atoms with E-state index >= 15 is 0 Å². The minimum absolute atomic E-state index is 0. The van der Waals surface area contributed by atoms with Crippen LogP contribution in [-0.2, 0) is 6.42 Å². The predicted molar refractivity (Wildman–Crippen MR) is 105 cm³/mol. The van der Waals surface area contributed by atoms with Gasteiger partial charge in [-0.2, -0.15) is 11.8 Å². The molecule has 2 N–H and O–H groups in total. The number of rotatable bonds is 6. The molecule has 1 atom stereocenters. The Morgan fingerprint density at radius 2 is 2.23 bits per heavy atom. The van der Waals surface area contributed by atoms with E-state index in [2.05, 4.69) is 22.7 Å². The summed E-state index contributed by atoms with van der Waals surface area (Å²) in [6.45, 7) is 8.68. The quantitative estimate of drug-likeness (QED) is 0.406. The van der Waals surface area contributed by atoms with Crippen LogP contribution in [0.3, 0.4) is 0 Å². The van der Waals surface area contributed by atoms with Crippen molar-refractivity contribution in [2.24, 2.45) is 4.99 Å². The average Bonchev–Trinajstić information content (AvgIpc) is 3.09. The highest BCUT2D eigenvalue weighted by Gasteiger charge is 2.15. The summed E-state index contributed by atoms with van der Waals surface area (Å²) in [7, 11) is 0. The first-order valence-electron chi connectivity index (χ1n) is 7.76. The Hall–Kier alpha value is -0.440. The Labute approximate surface area is 154 Å². The molecule has 1 aromatic heterocycles. The molecular formula is C15H27IN4OS.